The number of carboxylic acids is 1. The number of hydrogen-bond donors (Lipinski definition) is 2. The summed E-state index contributed by atoms with van der Waals surface area (Å²) in [5, 5.41) is 8.89. The Morgan fingerprint density at radius 2 is 1.95 bits per heavy atom. The van der Waals surface area contributed by atoms with Gasteiger partial charge in [-0.15, -0.1) is 0 Å². The highest BCUT2D eigenvalue weighted by Gasteiger charge is 2.22. The van der Waals surface area contributed by atoms with Crippen molar-refractivity contribution in [2.45, 2.75) is 0 Å². The number of primary amides is 1. The topological polar surface area (TPSA) is 101 Å². The summed E-state index contributed by atoms with van der Waals surface area (Å²) >= 11 is 9.05. The van der Waals surface area contributed by atoms with Crippen molar-refractivity contribution in [3.63, 3.8) is 0 Å². The maximum absolute atomic E-state index is 12.1. The van der Waals surface area contributed by atoms with E-state index >= 15 is 0 Å². The number of amides is 2. The Morgan fingerprint density at radius 3 is 2.47 bits per heavy atom. The van der Waals surface area contributed by atoms with Crippen LogP contribution in [0.15, 0.2) is 22.7 Å². The van der Waals surface area contributed by atoms with Gasteiger partial charge in [-0.05, 0) is 18.2 Å². The third-order valence-electron chi connectivity index (χ3n) is 2.12. The van der Waals surface area contributed by atoms with Crippen LogP contribution in [-0.4, -0.2) is 40.9 Å². The van der Waals surface area contributed by atoms with Gasteiger partial charge in [0.1, 0.15) is 13.1 Å². The van der Waals surface area contributed by atoms with Crippen LogP contribution in [0.25, 0.3) is 0 Å². The van der Waals surface area contributed by atoms with E-state index in [1.54, 1.807) is 6.07 Å². The highest BCUT2D eigenvalue weighted by molar-refractivity contribution is 9.10. The molecule has 0 atom stereocenters. The number of aliphatic carboxylic acids is 1. The van der Waals surface area contributed by atoms with Crippen molar-refractivity contribution < 1.29 is 19.5 Å². The Hall–Kier alpha value is -1.60. The smallest absolute Gasteiger partial charge is 0.323 e. The fourth-order valence-corrected chi connectivity index (χ4v) is 1.94. The molecule has 6 nitrogen and oxygen atoms in total. The van der Waals surface area contributed by atoms with Crippen LogP contribution >= 0.6 is 27.5 Å². The van der Waals surface area contributed by atoms with E-state index in [1.165, 1.54) is 12.1 Å². The first-order valence-corrected chi connectivity index (χ1v) is 6.22. The first kappa shape index (κ1) is 15.5. The standard InChI is InChI=1S/C11H10BrClN2O4/c12-6-1-2-8(13)7(3-6)11(19)15(4-9(14)16)5-10(17)18/h1-3H,4-5H2,(H2,14,16)(H,17,18). The lowest BCUT2D eigenvalue weighted by atomic mass is 10.2. The summed E-state index contributed by atoms with van der Waals surface area (Å²) in [6, 6.07) is 4.57. The molecule has 0 unspecified atom stereocenters. The average Bonchev–Trinajstić information content (AvgIpc) is 2.29. The molecule has 0 aliphatic carbocycles. The second-order valence-corrected chi connectivity index (χ2v) is 4.97. The van der Waals surface area contributed by atoms with E-state index in [9.17, 15) is 14.4 Å². The third kappa shape index (κ3) is 4.53. The van der Waals surface area contributed by atoms with Gasteiger partial charge in [0, 0.05) is 4.47 Å². The third-order valence-corrected chi connectivity index (χ3v) is 2.94. The van der Waals surface area contributed by atoms with Crippen molar-refractivity contribution in [1.29, 1.82) is 0 Å². The fourth-order valence-electron chi connectivity index (χ4n) is 1.38. The van der Waals surface area contributed by atoms with E-state index < -0.39 is 30.9 Å². The van der Waals surface area contributed by atoms with Crippen molar-refractivity contribution in [3.8, 4) is 0 Å². The molecule has 19 heavy (non-hydrogen) atoms. The predicted octanol–water partition coefficient (Wildman–Crippen LogP) is 1.11. The molecule has 0 fully saturated rings. The summed E-state index contributed by atoms with van der Waals surface area (Å²) in [6.45, 7) is -1.13. The molecule has 3 N–H and O–H groups in total. The lowest BCUT2D eigenvalue weighted by molar-refractivity contribution is -0.138. The monoisotopic (exact) mass is 348 g/mol. The van der Waals surface area contributed by atoms with Crippen LogP contribution in [0.4, 0.5) is 0 Å². The fraction of sp³-hybridized carbons (Fsp3) is 0.182. The molecule has 0 heterocycles. The lowest BCUT2D eigenvalue weighted by Gasteiger charge is -2.19. The molecule has 0 aromatic heterocycles. The van der Waals surface area contributed by atoms with E-state index in [0.717, 1.165) is 4.90 Å². The maximum atomic E-state index is 12.1. The second-order valence-electron chi connectivity index (χ2n) is 3.65. The zero-order valence-electron chi connectivity index (χ0n) is 9.60. The zero-order chi connectivity index (χ0) is 14.6. The van der Waals surface area contributed by atoms with Crippen LogP contribution in [0.1, 0.15) is 10.4 Å². The molecule has 0 saturated heterocycles. The second kappa shape index (κ2) is 6.53. The lowest BCUT2D eigenvalue weighted by Crippen LogP contribution is -2.41. The van der Waals surface area contributed by atoms with E-state index in [-0.39, 0.29) is 10.6 Å². The average molecular weight is 350 g/mol. The van der Waals surface area contributed by atoms with Gasteiger partial charge in [0.15, 0.2) is 0 Å². The summed E-state index contributed by atoms with van der Waals surface area (Å²) in [5.41, 5.74) is 5.08. The van der Waals surface area contributed by atoms with Crippen LogP contribution in [-0.2, 0) is 9.59 Å². The van der Waals surface area contributed by atoms with Crippen molar-refractivity contribution >= 4 is 45.3 Å². The minimum atomic E-state index is -1.25. The summed E-state index contributed by atoms with van der Waals surface area (Å²) in [6.07, 6.45) is 0. The molecule has 0 aliphatic heterocycles. The van der Waals surface area contributed by atoms with Gasteiger partial charge in [0.25, 0.3) is 5.91 Å². The molecule has 0 saturated carbocycles. The Bertz CT molecular complexity index is 519. The van der Waals surface area contributed by atoms with Crippen LogP contribution in [0, 0.1) is 0 Å². The molecule has 0 bridgehead atoms. The molecule has 8 heteroatoms. The quantitative estimate of drug-likeness (QED) is 0.831. The minimum absolute atomic E-state index is 0.0959. The van der Waals surface area contributed by atoms with Crippen LogP contribution in [0.2, 0.25) is 5.02 Å². The molecule has 1 aromatic carbocycles. The number of hydrogen-bond acceptors (Lipinski definition) is 3. The van der Waals surface area contributed by atoms with E-state index in [4.69, 9.17) is 22.4 Å². The number of nitrogens with zero attached hydrogens (tertiary/aromatic N) is 1. The van der Waals surface area contributed by atoms with Crippen molar-refractivity contribution in [3.05, 3.63) is 33.3 Å². The van der Waals surface area contributed by atoms with Crippen molar-refractivity contribution in [2.75, 3.05) is 13.1 Å². The zero-order valence-corrected chi connectivity index (χ0v) is 11.9. The van der Waals surface area contributed by atoms with Gasteiger partial charge in [0.05, 0.1) is 10.6 Å². The van der Waals surface area contributed by atoms with Gasteiger partial charge >= 0.3 is 5.97 Å². The predicted molar refractivity (Wildman–Crippen MR) is 71.9 cm³/mol. The highest BCUT2D eigenvalue weighted by atomic mass is 79.9. The number of carbonyl (C=O) groups is 3. The van der Waals surface area contributed by atoms with Gasteiger partial charge in [-0.3, -0.25) is 14.4 Å². The van der Waals surface area contributed by atoms with Gasteiger partial charge < -0.3 is 15.7 Å². The van der Waals surface area contributed by atoms with Gasteiger partial charge in [-0.2, -0.15) is 0 Å². The van der Waals surface area contributed by atoms with Crippen LogP contribution < -0.4 is 5.73 Å². The van der Waals surface area contributed by atoms with Crippen LogP contribution in [0.3, 0.4) is 0 Å². The SMILES string of the molecule is NC(=O)CN(CC(=O)O)C(=O)c1cc(Br)ccc1Cl. The maximum Gasteiger partial charge on any atom is 0.323 e. The molecular weight excluding hydrogens is 339 g/mol. The first-order valence-electron chi connectivity index (χ1n) is 5.05. The summed E-state index contributed by atoms with van der Waals surface area (Å²) in [7, 11) is 0. The van der Waals surface area contributed by atoms with E-state index in [2.05, 4.69) is 15.9 Å². The number of halogens is 2. The van der Waals surface area contributed by atoms with Crippen molar-refractivity contribution in [1.82, 2.24) is 4.90 Å². The minimum Gasteiger partial charge on any atom is -0.480 e. The molecule has 0 spiro atoms. The van der Waals surface area contributed by atoms with Crippen molar-refractivity contribution in [2.24, 2.45) is 5.73 Å². The Labute approximate surface area is 122 Å². The Balaban J connectivity index is 3.07. The van der Waals surface area contributed by atoms with Gasteiger partial charge in [0.2, 0.25) is 5.91 Å². The molecule has 1 aromatic rings. The van der Waals surface area contributed by atoms with E-state index in [0.29, 0.717) is 4.47 Å². The molecular formula is C11H10BrClN2O4. The number of carbonyl (C=O) groups excluding carboxylic acids is 2. The molecule has 2 amide bonds. The number of rotatable bonds is 5. The molecule has 1 rings (SSSR count). The molecule has 102 valence electrons. The number of benzene rings is 1. The number of nitrogens with two attached hydrogens (primary N) is 1. The number of carboxylic acid groups (broad SMARTS) is 1. The summed E-state index contributed by atoms with van der Waals surface area (Å²) in [5.74, 6) is -2.73. The highest BCUT2D eigenvalue weighted by Crippen LogP contribution is 2.22. The molecule has 0 aliphatic rings. The Morgan fingerprint density at radius 1 is 1.32 bits per heavy atom. The Kier molecular flexibility index (Phi) is 5.31. The van der Waals surface area contributed by atoms with Gasteiger partial charge in [-0.25, -0.2) is 0 Å². The van der Waals surface area contributed by atoms with Crippen LogP contribution in [0.5, 0.6) is 0 Å². The summed E-state index contributed by atoms with van der Waals surface area (Å²) in [4.78, 5) is 34.5. The van der Waals surface area contributed by atoms with E-state index in [1.807, 2.05) is 0 Å². The first-order chi connectivity index (χ1) is 8.81. The van der Waals surface area contributed by atoms with Gasteiger partial charge in [-0.1, -0.05) is 27.5 Å². The normalized spacial score (nSPS) is 10.0. The summed E-state index contributed by atoms with van der Waals surface area (Å²) < 4.78 is 0.606. The molecule has 0 radical (unpaired) electrons. The largest absolute Gasteiger partial charge is 0.480 e.